The van der Waals surface area contributed by atoms with E-state index in [2.05, 4.69) is 22.0 Å². The average Bonchev–Trinajstić information content (AvgIpc) is 3.37. The molecule has 1 unspecified atom stereocenters. The molecule has 0 aliphatic rings. The van der Waals surface area contributed by atoms with Gasteiger partial charge in [0.05, 0.1) is 4.88 Å². The standard InChI is InChI=1S/C20H21N3O2S2/c1-14(19(24)21-11-10-17-4-2-12-26-17)22-15-6-8-16(9-7-15)23-20(25)18-5-3-13-27-18/h2-9,12-14,22H,10-11H2,1H3,(H,21,24)(H,23,25). The minimum atomic E-state index is -0.347. The van der Waals surface area contributed by atoms with Crippen LogP contribution in [0.5, 0.6) is 0 Å². The fourth-order valence-corrected chi connectivity index (χ4v) is 3.81. The Morgan fingerprint density at radius 2 is 1.67 bits per heavy atom. The lowest BCUT2D eigenvalue weighted by molar-refractivity contribution is -0.121. The Balaban J connectivity index is 1.45. The van der Waals surface area contributed by atoms with Crippen LogP contribution in [0, 0.1) is 0 Å². The smallest absolute Gasteiger partial charge is 0.265 e. The summed E-state index contributed by atoms with van der Waals surface area (Å²) in [6, 6.07) is 14.7. The fourth-order valence-electron chi connectivity index (χ4n) is 2.48. The highest BCUT2D eigenvalue weighted by Gasteiger charge is 2.12. The predicted molar refractivity (Wildman–Crippen MR) is 113 cm³/mol. The number of nitrogens with one attached hydrogen (secondary N) is 3. The Bertz CT molecular complexity index is 859. The Kier molecular flexibility index (Phi) is 6.62. The third-order valence-electron chi connectivity index (χ3n) is 3.91. The van der Waals surface area contributed by atoms with Crippen molar-refractivity contribution in [2.45, 2.75) is 19.4 Å². The zero-order chi connectivity index (χ0) is 19.1. The average molecular weight is 400 g/mol. The molecule has 7 heteroatoms. The van der Waals surface area contributed by atoms with Crippen LogP contribution >= 0.6 is 22.7 Å². The van der Waals surface area contributed by atoms with Crippen LogP contribution in [0.3, 0.4) is 0 Å². The molecule has 0 aliphatic carbocycles. The second-order valence-corrected chi connectivity index (χ2v) is 7.98. The number of amides is 2. The highest BCUT2D eigenvalue weighted by Crippen LogP contribution is 2.17. The van der Waals surface area contributed by atoms with Crippen molar-refractivity contribution in [1.29, 1.82) is 0 Å². The molecule has 0 aliphatic heterocycles. The normalized spacial score (nSPS) is 11.6. The van der Waals surface area contributed by atoms with Crippen molar-refractivity contribution >= 4 is 45.9 Å². The van der Waals surface area contributed by atoms with E-state index in [1.54, 1.807) is 17.4 Å². The van der Waals surface area contributed by atoms with E-state index in [4.69, 9.17) is 0 Å². The number of hydrogen-bond acceptors (Lipinski definition) is 5. The van der Waals surface area contributed by atoms with Gasteiger partial charge < -0.3 is 16.0 Å². The van der Waals surface area contributed by atoms with E-state index < -0.39 is 0 Å². The molecule has 3 N–H and O–H groups in total. The van der Waals surface area contributed by atoms with Crippen molar-refractivity contribution in [2.24, 2.45) is 0 Å². The van der Waals surface area contributed by atoms with E-state index in [1.807, 2.05) is 54.1 Å². The Morgan fingerprint density at radius 3 is 2.33 bits per heavy atom. The maximum Gasteiger partial charge on any atom is 0.265 e. The molecule has 27 heavy (non-hydrogen) atoms. The van der Waals surface area contributed by atoms with E-state index in [1.165, 1.54) is 16.2 Å². The summed E-state index contributed by atoms with van der Waals surface area (Å²) in [7, 11) is 0. The monoisotopic (exact) mass is 399 g/mol. The zero-order valence-corrected chi connectivity index (χ0v) is 16.5. The summed E-state index contributed by atoms with van der Waals surface area (Å²) in [5, 5.41) is 12.9. The fraction of sp³-hybridized carbons (Fsp3) is 0.200. The van der Waals surface area contributed by atoms with Crippen molar-refractivity contribution in [1.82, 2.24) is 5.32 Å². The number of benzene rings is 1. The number of hydrogen-bond donors (Lipinski definition) is 3. The summed E-state index contributed by atoms with van der Waals surface area (Å²) >= 11 is 3.10. The molecule has 3 rings (SSSR count). The molecule has 0 saturated heterocycles. The molecule has 2 amide bonds. The van der Waals surface area contributed by atoms with Crippen molar-refractivity contribution in [3.63, 3.8) is 0 Å². The van der Waals surface area contributed by atoms with E-state index >= 15 is 0 Å². The SMILES string of the molecule is CC(Nc1ccc(NC(=O)c2cccs2)cc1)C(=O)NCCc1cccs1. The van der Waals surface area contributed by atoms with Crippen LogP contribution in [-0.2, 0) is 11.2 Å². The summed E-state index contributed by atoms with van der Waals surface area (Å²) in [5.41, 5.74) is 1.54. The molecule has 3 aromatic rings. The molecular weight excluding hydrogens is 378 g/mol. The van der Waals surface area contributed by atoms with Gasteiger partial charge in [0.25, 0.3) is 5.91 Å². The molecule has 2 aromatic heterocycles. The van der Waals surface area contributed by atoms with Crippen LogP contribution in [0.2, 0.25) is 0 Å². The minimum absolute atomic E-state index is 0.0402. The Hall–Kier alpha value is -2.64. The van der Waals surface area contributed by atoms with E-state index in [0.29, 0.717) is 17.1 Å². The number of anilines is 2. The summed E-state index contributed by atoms with van der Waals surface area (Å²) in [6.07, 6.45) is 0.842. The lowest BCUT2D eigenvalue weighted by atomic mass is 10.2. The minimum Gasteiger partial charge on any atom is -0.374 e. The molecule has 1 aromatic carbocycles. The first-order valence-corrected chi connectivity index (χ1v) is 10.4. The number of thiophene rings is 2. The van der Waals surface area contributed by atoms with Crippen LogP contribution in [-0.4, -0.2) is 24.4 Å². The quantitative estimate of drug-likeness (QED) is 0.531. The van der Waals surface area contributed by atoms with Crippen LogP contribution in [0.1, 0.15) is 21.5 Å². The molecule has 0 spiro atoms. The number of rotatable bonds is 8. The highest BCUT2D eigenvalue weighted by atomic mass is 32.1. The largest absolute Gasteiger partial charge is 0.374 e. The lowest BCUT2D eigenvalue weighted by Gasteiger charge is -2.15. The summed E-state index contributed by atoms with van der Waals surface area (Å²) in [4.78, 5) is 26.2. The predicted octanol–water partition coefficient (Wildman–Crippen LogP) is 4.22. The summed E-state index contributed by atoms with van der Waals surface area (Å²) in [6.45, 7) is 2.45. The van der Waals surface area contributed by atoms with Crippen molar-refractivity contribution in [2.75, 3.05) is 17.2 Å². The van der Waals surface area contributed by atoms with Crippen molar-refractivity contribution in [3.05, 3.63) is 69.0 Å². The molecule has 2 heterocycles. The van der Waals surface area contributed by atoms with E-state index in [-0.39, 0.29) is 17.9 Å². The van der Waals surface area contributed by atoms with Crippen molar-refractivity contribution < 1.29 is 9.59 Å². The Labute approximate surface area is 166 Å². The van der Waals surface area contributed by atoms with Gasteiger partial charge in [0.2, 0.25) is 5.91 Å². The van der Waals surface area contributed by atoms with Gasteiger partial charge in [-0.05, 0) is 60.5 Å². The number of carbonyl (C=O) groups excluding carboxylic acids is 2. The van der Waals surface area contributed by atoms with Gasteiger partial charge in [-0.3, -0.25) is 9.59 Å². The van der Waals surface area contributed by atoms with Gasteiger partial charge in [0.15, 0.2) is 0 Å². The third kappa shape index (κ3) is 5.67. The molecule has 1 atom stereocenters. The van der Waals surface area contributed by atoms with Gasteiger partial charge in [-0.2, -0.15) is 0 Å². The van der Waals surface area contributed by atoms with Gasteiger partial charge in [-0.25, -0.2) is 0 Å². The zero-order valence-electron chi connectivity index (χ0n) is 14.9. The summed E-state index contributed by atoms with van der Waals surface area (Å²) < 4.78 is 0. The second-order valence-electron chi connectivity index (χ2n) is 6.00. The third-order valence-corrected chi connectivity index (χ3v) is 5.72. The molecule has 0 saturated carbocycles. The molecule has 0 bridgehead atoms. The molecule has 140 valence electrons. The lowest BCUT2D eigenvalue weighted by Crippen LogP contribution is -2.38. The molecular formula is C20H21N3O2S2. The maximum absolute atomic E-state index is 12.2. The second kappa shape index (κ2) is 9.34. The van der Waals surface area contributed by atoms with Gasteiger partial charge in [0, 0.05) is 22.8 Å². The van der Waals surface area contributed by atoms with Gasteiger partial charge in [-0.15, -0.1) is 22.7 Å². The van der Waals surface area contributed by atoms with Crippen LogP contribution < -0.4 is 16.0 Å². The highest BCUT2D eigenvalue weighted by molar-refractivity contribution is 7.12. The first kappa shape index (κ1) is 19.1. The van der Waals surface area contributed by atoms with Gasteiger partial charge in [-0.1, -0.05) is 12.1 Å². The summed E-state index contributed by atoms with van der Waals surface area (Å²) in [5.74, 6) is -0.161. The van der Waals surface area contributed by atoms with E-state index in [9.17, 15) is 9.59 Å². The van der Waals surface area contributed by atoms with Crippen LogP contribution in [0.15, 0.2) is 59.3 Å². The van der Waals surface area contributed by atoms with E-state index in [0.717, 1.165) is 12.1 Å². The first-order chi connectivity index (χ1) is 13.1. The first-order valence-electron chi connectivity index (χ1n) is 8.63. The maximum atomic E-state index is 12.2. The molecule has 0 radical (unpaired) electrons. The molecule has 0 fully saturated rings. The van der Waals surface area contributed by atoms with Crippen LogP contribution in [0.25, 0.3) is 0 Å². The topological polar surface area (TPSA) is 70.2 Å². The van der Waals surface area contributed by atoms with Crippen molar-refractivity contribution in [3.8, 4) is 0 Å². The van der Waals surface area contributed by atoms with Crippen LogP contribution in [0.4, 0.5) is 11.4 Å². The number of carbonyl (C=O) groups is 2. The van der Waals surface area contributed by atoms with Gasteiger partial charge >= 0.3 is 0 Å². The Morgan fingerprint density at radius 1 is 0.963 bits per heavy atom. The molecule has 5 nitrogen and oxygen atoms in total. The van der Waals surface area contributed by atoms with Gasteiger partial charge in [0.1, 0.15) is 6.04 Å².